The molecule has 10 nitrogen and oxygen atoms in total. The van der Waals surface area contributed by atoms with Crippen LogP contribution in [0.15, 0.2) is 36.7 Å². The van der Waals surface area contributed by atoms with Crippen molar-refractivity contribution in [2.45, 2.75) is 25.4 Å². The zero-order valence-electron chi connectivity index (χ0n) is 22.0. The topological polar surface area (TPSA) is 109 Å². The van der Waals surface area contributed by atoms with Crippen LogP contribution in [0.25, 0.3) is 0 Å². The van der Waals surface area contributed by atoms with Gasteiger partial charge in [0.1, 0.15) is 12.0 Å². The summed E-state index contributed by atoms with van der Waals surface area (Å²) in [6, 6.07) is 9.49. The molecule has 3 heterocycles. The van der Waals surface area contributed by atoms with Crippen molar-refractivity contribution < 1.29 is 17.9 Å². The predicted octanol–water partition coefficient (Wildman–Crippen LogP) is 3.96. The second kappa shape index (κ2) is 10.5. The van der Waals surface area contributed by atoms with Gasteiger partial charge >= 0.3 is 6.18 Å². The smallest absolute Gasteiger partial charge is 0.422 e. The third kappa shape index (κ3) is 6.15. The molecule has 0 saturated heterocycles. The van der Waals surface area contributed by atoms with Gasteiger partial charge in [0.15, 0.2) is 12.4 Å². The van der Waals surface area contributed by atoms with Crippen LogP contribution in [0, 0.1) is 0 Å². The number of nitrogens with two attached hydrogens (primary N) is 1. The Balaban J connectivity index is 1.64. The number of nitrogens with zero attached hydrogens (tertiary/aromatic N) is 7. The largest absolute Gasteiger partial charge is 0.466 e. The summed E-state index contributed by atoms with van der Waals surface area (Å²) in [7, 11) is 5.59. The summed E-state index contributed by atoms with van der Waals surface area (Å²) in [6.45, 7) is 4.67. The zero-order valence-corrected chi connectivity index (χ0v) is 22.0. The fourth-order valence-corrected chi connectivity index (χ4v) is 4.24. The minimum Gasteiger partial charge on any atom is -0.466 e. The van der Waals surface area contributed by atoms with Gasteiger partial charge in [0, 0.05) is 37.8 Å². The molecule has 4 rings (SSSR count). The summed E-state index contributed by atoms with van der Waals surface area (Å²) in [5, 5.41) is 2.92. The molecule has 0 fully saturated rings. The van der Waals surface area contributed by atoms with Gasteiger partial charge in [0.2, 0.25) is 17.8 Å². The Bertz CT molecular complexity index is 1280. The van der Waals surface area contributed by atoms with E-state index in [1.807, 2.05) is 42.1 Å². The van der Waals surface area contributed by atoms with Gasteiger partial charge in [-0.3, -0.25) is 0 Å². The van der Waals surface area contributed by atoms with Gasteiger partial charge in [-0.15, -0.1) is 0 Å². The minimum atomic E-state index is -4.55. The van der Waals surface area contributed by atoms with E-state index in [0.29, 0.717) is 31.4 Å². The number of nitrogen functional groups attached to an aromatic ring is 1. The number of hydrogen-bond donors (Lipinski definition) is 2. The summed E-state index contributed by atoms with van der Waals surface area (Å²) in [4.78, 5) is 23.1. The third-order valence-corrected chi connectivity index (χ3v) is 6.14. The highest BCUT2D eigenvalue weighted by Gasteiger charge is 2.36. The number of hydrogen-bond acceptors (Lipinski definition) is 10. The number of nitrogens with one attached hydrogen (secondary N) is 1. The van der Waals surface area contributed by atoms with Crippen molar-refractivity contribution in [1.82, 2.24) is 24.8 Å². The van der Waals surface area contributed by atoms with Gasteiger partial charge in [0.25, 0.3) is 0 Å². The highest BCUT2D eigenvalue weighted by molar-refractivity contribution is 5.74. The second-order valence-electron chi connectivity index (χ2n) is 10.1. The Morgan fingerprint density at radius 3 is 2.55 bits per heavy atom. The van der Waals surface area contributed by atoms with Crippen molar-refractivity contribution in [2.75, 3.05) is 68.2 Å². The van der Waals surface area contributed by atoms with E-state index in [-0.39, 0.29) is 28.6 Å². The number of likely N-dealkylation sites (N-methyl/N-ethyl adjacent to an activating group) is 2. The van der Waals surface area contributed by atoms with E-state index in [0.717, 1.165) is 5.69 Å². The Labute approximate surface area is 219 Å². The normalized spacial score (nSPS) is 14.5. The average Bonchev–Trinajstić information content (AvgIpc) is 3.12. The van der Waals surface area contributed by atoms with E-state index < -0.39 is 12.8 Å². The maximum absolute atomic E-state index is 13.0. The molecule has 0 unspecified atom stereocenters. The third-order valence-electron chi connectivity index (χ3n) is 6.14. The van der Waals surface area contributed by atoms with E-state index >= 15 is 0 Å². The quantitative estimate of drug-likeness (QED) is 0.421. The van der Waals surface area contributed by atoms with Crippen LogP contribution in [0.5, 0.6) is 5.88 Å². The van der Waals surface area contributed by atoms with Crippen LogP contribution in [0.4, 0.5) is 47.9 Å². The van der Waals surface area contributed by atoms with Crippen LogP contribution in [0.2, 0.25) is 0 Å². The van der Waals surface area contributed by atoms with E-state index in [2.05, 4.69) is 45.2 Å². The lowest BCUT2D eigenvalue weighted by molar-refractivity contribution is -0.153. The number of rotatable bonds is 9. The monoisotopic (exact) mass is 531 g/mol. The van der Waals surface area contributed by atoms with Crippen LogP contribution in [-0.4, -0.2) is 78.4 Å². The van der Waals surface area contributed by atoms with Crippen LogP contribution in [-0.2, 0) is 5.41 Å². The molecule has 1 aliphatic rings. The maximum Gasteiger partial charge on any atom is 0.422 e. The number of anilines is 6. The number of benzene rings is 1. The van der Waals surface area contributed by atoms with Crippen molar-refractivity contribution in [3.05, 3.63) is 42.2 Å². The standard InChI is InChI=1S/C25H32F3N9O/c1-24(2)13-37(19-9-7-6-8-16(19)24)23-31-15-30-22(34-23)32-18-12-17(29)20(36(5)11-10-35(3)4)33-21(18)38-14-25(26,27)28/h6-9,12,15H,10-11,13-14,29H2,1-5H3,(H,30,31,32,34). The molecular weight excluding hydrogens is 499 g/mol. The molecule has 0 spiro atoms. The highest BCUT2D eigenvalue weighted by atomic mass is 19.4. The first kappa shape index (κ1) is 27.2. The van der Waals surface area contributed by atoms with Gasteiger partial charge in [0.05, 0.1) is 5.69 Å². The SMILES string of the molecule is CN(C)CCN(C)c1nc(OCC(F)(F)F)c(Nc2ncnc(N3CC(C)(C)c4ccccc43)n2)cc1N. The second-order valence-corrected chi connectivity index (χ2v) is 10.1. The van der Waals surface area contributed by atoms with E-state index in [1.165, 1.54) is 18.0 Å². The van der Waals surface area contributed by atoms with Gasteiger partial charge in [-0.25, -0.2) is 9.97 Å². The predicted molar refractivity (Wildman–Crippen MR) is 142 cm³/mol. The molecule has 3 aromatic rings. The number of ether oxygens (including phenoxy) is 1. The van der Waals surface area contributed by atoms with Gasteiger partial charge in [-0.2, -0.15) is 23.1 Å². The summed E-state index contributed by atoms with van der Waals surface area (Å²) in [5.74, 6) is 0.558. The minimum absolute atomic E-state index is 0.107. The number of halogens is 3. The number of para-hydroxylation sites is 1. The molecule has 38 heavy (non-hydrogen) atoms. The number of fused-ring (bicyclic) bond motifs is 1. The first-order valence-corrected chi connectivity index (χ1v) is 12.0. The molecule has 1 aliphatic heterocycles. The molecule has 0 atom stereocenters. The lowest BCUT2D eigenvalue weighted by Crippen LogP contribution is -2.30. The first-order valence-electron chi connectivity index (χ1n) is 12.0. The van der Waals surface area contributed by atoms with Gasteiger partial charge in [-0.1, -0.05) is 32.0 Å². The Morgan fingerprint density at radius 1 is 1.11 bits per heavy atom. The summed E-state index contributed by atoms with van der Waals surface area (Å²) in [5.41, 5.74) is 8.65. The molecule has 3 N–H and O–H groups in total. The van der Waals surface area contributed by atoms with E-state index in [1.54, 1.807) is 11.9 Å². The molecule has 0 aliphatic carbocycles. The fraction of sp³-hybridized carbons (Fsp3) is 0.440. The number of aromatic nitrogens is 4. The summed E-state index contributed by atoms with van der Waals surface area (Å²) < 4.78 is 44.1. The molecule has 0 bridgehead atoms. The van der Waals surface area contributed by atoms with Crippen LogP contribution in [0.3, 0.4) is 0 Å². The molecule has 0 saturated carbocycles. The molecule has 0 amide bonds. The maximum atomic E-state index is 13.0. The Morgan fingerprint density at radius 2 is 1.84 bits per heavy atom. The lowest BCUT2D eigenvalue weighted by Gasteiger charge is -2.24. The fourth-order valence-electron chi connectivity index (χ4n) is 4.24. The number of pyridine rings is 1. The van der Waals surface area contributed by atoms with Crippen molar-refractivity contribution in [3.63, 3.8) is 0 Å². The highest BCUT2D eigenvalue weighted by Crippen LogP contribution is 2.43. The molecule has 204 valence electrons. The van der Waals surface area contributed by atoms with Crippen molar-refractivity contribution >= 4 is 34.8 Å². The van der Waals surface area contributed by atoms with Crippen LogP contribution in [0.1, 0.15) is 19.4 Å². The summed E-state index contributed by atoms with van der Waals surface area (Å²) >= 11 is 0. The van der Waals surface area contributed by atoms with Gasteiger partial charge < -0.3 is 30.5 Å². The van der Waals surface area contributed by atoms with E-state index in [4.69, 9.17) is 10.5 Å². The first-order chi connectivity index (χ1) is 17.8. The Kier molecular flexibility index (Phi) is 7.49. The van der Waals surface area contributed by atoms with Crippen molar-refractivity contribution in [2.24, 2.45) is 0 Å². The average molecular weight is 532 g/mol. The molecular formula is C25H32F3N9O. The summed E-state index contributed by atoms with van der Waals surface area (Å²) in [6.07, 6.45) is -3.21. The Hall–Kier alpha value is -3.87. The van der Waals surface area contributed by atoms with Crippen molar-refractivity contribution in [3.8, 4) is 5.88 Å². The molecule has 1 aromatic carbocycles. The molecule has 13 heteroatoms. The van der Waals surface area contributed by atoms with E-state index in [9.17, 15) is 13.2 Å². The molecule has 0 radical (unpaired) electrons. The molecule has 2 aromatic heterocycles. The lowest BCUT2D eigenvalue weighted by atomic mass is 9.87. The zero-order chi connectivity index (χ0) is 27.7. The number of alkyl halides is 3. The van der Waals surface area contributed by atoms with Gasteiger partial charge in [-0.05, 0) is 31.8 Å². The van der Waals surface area contributed by atoms with Crippen molar-refractivity contribution in [1.29, 1.82) is 0 Å². The van der Waals surface area contributed by atoms with Crippen LogP contribution >= 0.6 is 0 Å². The van der Waals surface area contributed by atoms with Crippen LogP contribution < -0.4 is 25.6 Å².